The zero-order valence-electron chi connectivity index (χ0n) is 13.8. The number of urea groups is 1. The molecule has 2 aliphatic heterocycles. The van der Waals surface area contributed by atoms with Gasteiger partial charge >= 0.3 is 12.0 Å². The summed E-state index contributed by atoms with van der Waals surface area (Å²) >= 11 is 0. The van der Waals surface area contributed by atoms with E-state index >= 15 is 0 Å². The Morgan fingerprint density at radius 2 is 2.00 bits per heavy atom. The third-order valence-electron chi connectivity index (χ3n) is 5.26. The number of likely N-dealkylation sites (N-methyl/N-ethyl adjacent to an activating group) is 2. The number of imidazole rings is 1. The van der Waals surface area contributed by atoms with Gasteiger partial charge in [-0.2, -0.15) is 0 Å². The summed E-state index contributed by atoms with van der Waals surface area (Å²) in [5, 5.41) is 0. The maximum atomic E-state index is 12.8. The number of imide groups is 1. The molecular weight excluding hydrogens is 294 g/mol. The lowest BCUT2D eigenvalue weighted by Crippen LogP contribution is -2.62. The Labute approximate surface area is 135 Å². The molecule has 1 saturated carbocycles. The number of aromatic nitrogens is 2. The van der Waals surface area contributed by atoms with E-state index in [2.05, 4.69) is 16.5 Å². The van der Waals surface area contributed by atoms with Gasteiger partial charge in [-0.1, -0.05) is 4.99 Å². The summed E-state index contributed by atoms with van der Waals surface area (Å²) in [5.41, 5.74) is 1.13. The van der Waals surface area contributed by atoms with E-state index < -0.39 is 6.04 Å². The molecule has 0 bridgehead atoms. The molecule has 7 heteroatoms. The SMILES string of the molecule is CCN1C(=O)C2C(=Nc3n(C4CCCC4)c(C)c[n+]32)N(C)C1=O. The fourth-order valence-corrected chi connectivity index (χ4v) is 4.11. The molecule has 3 heterocycles. The van der Waals surface area contributed by atoms with Gasteiger partial charge in [-0.15, -0.1) is 0 Å². The van der Waals surface area contributed by atoms with Gasteiger partial charge < -0.3 is 0 Å². The normalized spacial score (nSPS) is 24.3. The first-order valence-electron chi connectivity index (χ1n) is 8.35. The van der Waals surface area contributed by atoms with Crippen LogP contribution in [0.25, 0.3) is 0 Å². The number of rotatable bonds is 2. The number of nitrogens with zero attached hydrogens (tertiary/aromatic N) is 5. The molecule has 1 aromatic rings. The van der Waals surface area contributed by atoms with Crippen LogP contribution in [0.4, 0.5) is 10.7 Å². The van der Waals surface area contributed by atoms with Crippen molar-refractivity contribution in [3.05, 3.63) is 11.9 Å². The highest BCUT2D eigenvalue weighted by Gasteiger charge is 2.53. The molecule has 0 aromatic carbocycles. The first-order valence-corrected chi connectivity index (χ1v) is 8.35. The standard InChI is InChI=1S/C16H22N5O2/c1-4-19-14(22)12-13(18(3)16(19)23)17-15-20(12)9-10(2)21(15)11-7-5-6-8-11/h9,11-12H,4-8H2,1-3H3/q+1. The van der Waals surface area contributed by atoms with Crippen molar-refractivity contribution in [2.45, 2.75) is 51.6 Å². The Balaban J connectivity index is 1.83. The third kappa shape index (κ3) is 1.82. The predicted octanol–water partition coefficient (Wildman–Crippen LogP) is 1.70. The molecule has 1 atom stereocenters. The van der Waals surface area contributed by atoms with Gasteiger partial charge in [0.25, 0.3) is 5.91 Å². The third-order valence-corrected chi connectivity index (χ3v) is 5.26. The second-order valence-electron chi connectivity index (χ2n) is 6.58. The highest BCUT2D eigenvalue weighted by Crippen LogP contribution is 2.36. The van der Waals surface area contributed by atoms with E-state index in [0.29, 0.717) is 18.4 Å². The van der Waals surface area contributed by atoms with Crippen LogP contribution in [0.5, 0.6) is 0 Å². The lowest BCUT2D eigenvalue weighted by Gasteiger charge is -2.32. The second-order valence-corrected chi connectivity index (χ2v) is 6.58. The number of carbonyl (C=O) groups is 2. The van der Waals surface area contributed by atoms with Crippen molar-refractivity contribution < 1.29 is 14.2 Å². The summed E-state index contributed by atoms with van der Waals surface area (Å²) in [5.74, 6) is 1.17. The molecule has 0 radical (unpaired) electrons. The maximum Gasteiger partial charge on any atom is 0.402 e. The van der Waals surface area contributed by atoms with Gasteiger partial charge in [-0.3, -0.25) is 14.6 Å². The number of aryl methyl sites for hydroxylation is 1. The molecule has 1 aromatic heterocycles. The number of hydrogen-bond donors (Lipinski definition) is 0. The van der Waals surface area contributed by atoms with Crippen LogP contribution in [0.15, 0.2) is 11.2 Å². The minimum Gasteiger partial charge on any atom is -0.270 e. The Morgan fingerprint density at radius 3 is 2.65 bits per heavy atom. The quantitative estimate of drug-likeness (QED) is 0.780. The molecule has 2 fully saturated rings. The van der Waals surface area contributed by atoms with Gasteiger partial charge in [0.1, 0.15) is 11.9 Å². The van der Waals surface area contributed by atoms with E-state index in [1.807, 2.05) is 17.7 Å². The van der Waals surface area contributed by atoms with E-state index in [0.717, 1.165) is 24.5 Å². The fraction of sp³-hybridized carbons (Fsp3) is 0.625. The zero-order chi connectivity index (χ0) is 16.3. The summed E-state index contributed by atoms with van der Waals surface area (Å²) in [6.07, 6.45) is 6.79. The molecule has 3 aliphatic rings. The van der Waals surface area contributed by atoms with Crippen LogP contribution in [-0.2, 0) is 4.79 Å². The van der Waals surface area contributed by atoms with E-state index in [4.69, 9.17) is 0 Å². The first kappa shape index (κ1) is 14.4. The summed E-state index contributed by atoms with van der Waals surface area (Å²) < 4.78 is 4.19. The Bertz CT molecular complexity index is 729. The molecule has 23 heavy (non-hydrogen) atoms. The molecule has 1 saturated heterocycles. The maximum absolute atomic E-state index is 12.8. The van der Waals surface area contributed by atoms with Crippen molar-refractivity contribution in [1.82, 2.24) is 14.4 Å². The topological polar surface area (TPSA) is 61.8 Å². The van der Waals surface area contributed by atoms with E-state index in [1.54, 1.807) is 7.05 Å². The van der Waals surface area contributed by atoms with Gasteiger partial charge in [0.15, 0.2) is 0 Å². The average molecular weight is 316 g/mol. The lowest BCUT2D eigenvalue weighted by molar-refractivity contribution is -0.677. The Kier molecular flexibility index (Phi) is 3.08. The summed E-state index contributed by atoms with van der Waals surface area (Å²) in [4.78, 5) is 32.6. The Hall–Kier alpha value is -2.18. The highest BCUT2D eigenvalue weighted by atomic mass is 16.2. The molecule has 0 spiro atoms. The number of carbonyl (C=O) groups excluding carboxylic acids is 2. The van der Waals surface area contributed by atoms with Crippen molar-refractivity contribution in [2.75, 3.05) is 13.6 Å². The highest BCUT2D eigenvalue weighted by molar-refractivity contribution is 6.19. The van der Waals surface area contributed by atoms with Gasteiger partial charge in [-0.25, -0.2) is 13.9 Å². The first-order chi connectivity index (χ1) is 11.0. The number of hydrogen-bond acceptors (Lipinski definition) is 3. The fourth-order valence-electron chi connectivity index (χ4n) is 4.11. The summed E-state index contributed by atoms with van der Waals surface area (Å²) in [6.45, 7) is 4.27. The van der Waals surface area contributed by atoms with Crippen LogP contribution < -0.4 is 4.57 Å². The van der Waals surface area contributed by atoms with Crippen molar-refractivity contribution in [3.8, 4) is 0 Å². The second kappa shape index (κ2) is 4.91. The minimum absolute atomic E-state index is 0.179. The van der Waals surface area contributed by atoms with E-state index in [-0.39, 0.29) is 11.9 Å². The Morgan fingerprint density at radius 1 is 1.30 bits per heavy atom. The zero-order valence-corrected chi connectivity index (χ0v) is 13.8. The number of amidine groups is 1. The number of aliphatic imine (C=N–C) groups is 1. The summed E-state index contributed by atoms with van der Waals surface area (Å²) in [6, 6.07) is -0.342. The molecule has 0 N–H and O–H groups in total. The van der Waals surface area contributed by atoms with Gasteiger partial charge in [0.2, 0.25) is 11.9 Å². The molecule has 3 amide bonds. The monoisotopic (exact) mass is 316 g/mol. The predicted molar refractivity (Wildman–Crippen MR) is 83.5 cm³/mol. The van der Waals surface area contributed by atoms with Gasteiger partial charge in [0.05, 0.1) is 6.04 Å². The van der Waals surface area contributed by atoms with Gasteiger partial charge in [-0.05, 0) is 39.5 Å². The molecular formula is C16H22N5O2+. The molecule has 122 valence electrons. The van der Waals surface area contributed by atoms with Crippen LogP contribution in [0, 0.1) is 6.92 Å². The lowest BCUT2D eigenvalue weighted by atomic mass is 10.1. The van der Waals surface area contributed by atoms with Crippen LogP contribution in [0.3, 0.4) is 0 Å². The van der Waals surface area contributed by atoms with Crippen molar-refractivity contribution >= 4 is 23.7 Å². The van der Waals surface area contributed by atoms with Crippen molar-refractivity contribution in [1.29, 1.82) is 0 Å². The molecule has 1 aliphatic carbocycles. The smallest absolute Gasteiger partial charge is 0.270 e. The summed E-state index contributed by atoms with van der Waals surface area (Å²) in [7, 11) is 1.70. The van der Waals surface area contributed by atoms with Crippen LogP contribution in [-0.4, -0.2) is 45.7 Å². The molecule has 7 nitrogen and oxygen atoms in total. The van der Waals surface area contributed by atoms with E-state index in [1.165, 1.54) is 22.6 Å². The average Bonchev–Trinajstić information content (AvgIpc) is 3.20. The minimum atomic E-state index is -0.506. The van der Waals surface area contributed by atoms with Crippen LogP contribution in [0.1, 0.15) is 50.4 Å². The number of fused-ring (bicyclic) bond motifs is 3. The largest absolute Gasteiger partial charge is 0.402 e. The number of amides is 3. The van der Waals surface area contributed by atoms with Crippen LogP contribution >= 0.6 is 0 Å². The van der Waals surface area contributed by atoms with Crippen molar-refractivity contribution in [2.24, 2.45) is 4.99 Å². The van der Waals surface area contributed by atoms with Gasteiger partial charge in [0, 0.05) is 13.6 Å². The van der Waals surface area contributed by atoms with Crippen molar-refractivity contribution in [3.63, 3.8) is 0 Å². The molecule has 1 unspecified atom stereocenters. The van der Waals surface area contributed by atoms with E-state index in [9.17, 15) is 9.59 Å². The molecule has 4 rings (SSSR count). The van der Waals surface area contributed by atoms with Crippen LogP contribution in [0.2, 0.25) is 0 Å².